The zero-order valence-corrected chi connectivity index (χ0v) is 11.2. The lowest BCUT2D eigenvalue weighted by Gasteiger charge is -2.35. The largest absolute Gasteiger partial charge is 0.459 e. The standard InChI is InChI=1S/C13H20N2O3/c1-12(2)8-10(13(3,4)15(12)17)14-11(16)9-6-5-7-18-9/h5-7,10,17H,8H2,1-4H3,(H,14,16). The van der Waals surface area contributed by atoms with Gasteiger partial charge in [0.15, 0.2) is 5.76 Å². The van der Waals surface area contributed by atoms with Crippen molar-refractivity contribution in [1.82, 2.24) is 10.4 Å². The Morgan fingerprint density at radius 2 is 2.17 bits per heavy atom. The highest BCUT2D eigenvalue weighted by atomic mass is 16.5. The third kappa shape index (κ3) is 2.04. The maximum atomic E-state index is 12.0. The Morgan fingerprint density at radius 1 is 1.50 bits per heavy atom. The van der Waals surface area contributed by atoms with Crippen LogP contribution in [0.4, 0.5) is 0 Å². The molecular formula is C13H20N2O3. The molecule has 1 aliphatic rings. The van der Waals surface area contributed by atoms with E-state index in [-0.39, 0.29) is 17.5 Å². The van der Waals surface area contributed by atoms with Crippen molar-refractivity contribution in [2.75, 3.05) is 0 Å². The van der Waals surface area contributed by atoms with Gasteiger partial charge in [0.1, 0.15) is 0 Å². The van der Waals surface area contributed by atoms with Crippen molar-refractivity contribution < 1.29 is 14.4 Å². The van der Waals surface area contributed by atoms with Crippen LogP contribution < -0.4 is 5.32 Å². The van der Waals surface area contributed by atoms with Crippen LogP contribution in [0.15, 0.2) is 22.8 Å². The normalized spacial score (nSPS) is 26.2. The number of hydrogen-bond acceptors (Lipinski definition) is 4. The van der Waals surface area contributed by atoms with Gasteiger partial charge in [0.05, 0.1) is 17.8 Å². The second-order valence-corrected chi connectivity index (χ2v) is 5.99. The van der Waals surface area contributed by atoms with E-state index in [0.717, 1.165) is 0 Å². The predicted octanol–water partition coefficient (Wildman–Crippen LogP) is 2.03. The number of hydrogen-bond donors (Lipinski definition) is 2. The van der Waals surface area contributed by atoms with Gasteiger partial charge in [0.2, 0.25) is 0 Å². The quantitative estimate of drug-likeness (QED) is 0.845. The number of rotatable bonds is 2. The monoisotopic (exact) mass is 252 g/mol. The van der Waals surface area contributed by atoms with Gasteiger partial charge >= 0.3 is 0 Å². The van der Waals surface area contributed by atoms with E-state index in [1.807, 2.05) is 27.7 Å². The molecule has 1 saturated heterocycles. The van der Waals surface area contributed by atoms with Crippen LogP contribution in [-0.4, -0.2) is 33.3 Å². The number of amides is 1. The van der Waals surface area contributed by atoms with Crippen LogP contribution in [0.5, 0.6) is 0 Å². The minimum atomic E-state index is -0.508. The Hall–Kier alpha value is -1.33. The molecule has 1 atom stereocenters. The maximum absolute atomic E-state index is 12.0. The summed E-state index contributed by atoms with van der Waals surface area (Å²) < 4.78 is 5.06. The van der Waals surface area contributed by atoms with E-state index in [0.29, 0.717) is 12.2 Å². The first-order chi connectivity index (χ1) is 8.25. The van der Waals surface area contributed by atoms with Gasteiger partial charge in [-0.05, 0) is 46.2 Å². The minimum absolute atomic E-state index is 0.130. The van der Waals surface area contributed by atoms with Crippen LogP contribution in [0.3, 0.4) is 0 Å². The molecule has 0 aliphatic carbocycles. The summed E-state index contributed by atoms with van der Waals surface area (Å²) in [5, 5.41) is 14.4. The van der Waals surface area contributed by atoms with Gasteiger partial charge in [0.25, 0.3) is 5.91 Å². The topological polar surface area (TPSA) is 65.7 Å². The maximum Gasteiger partial charge on any atom is 0.287 e. The second-order valence-electron chi connectivity index (χ2n) is 5.99. The van der Waals surface area contributed by atoms with Crippen LogP contribution in [0.1, 0.15) is 44.7 Å². The molecule has 0 bridgehead atoms. The molecule has 0 radical (unpaired) electrons. The lowest BCUT2D eigenvalue weighted by atomic mass is 9.94. The molecule has 18 heavy (non-hydrogen) atoms. The number of carbonyl (C=O) groups excluding carboxylic acids is 1. The molecular weight excluding hydrogens is 232 g/mol. The summed E-state index contributed by atoms with van der Waals surface area (Å²) in [6, 6.07) is 3.17. The molecule has 1 aliphatic heterocycles. The van der Waals surface area contributed by atoms with Gasteiger partial charge in [-0.15, -0.1) is 0 Å². The van der Waals surface area contributed by atoms with Crippen LogP contribution >= 0.6 is 0 Å². The lowest BCUT2D eigenvalue weighted by molar-refractivity contribution is -0.193. The van der Waals surface area contributed by atoms with Crippen LogP contribution in [0.25, 0.3) is 0 Å². The van der Waals surface area contributed by atoms with Gasteiger partial charge in [-0.25, -0.2) is 0 Å². The zero-order chi connectivity index (χ0) is 13.6. The minimum Gasteiger partial charge on any atom is -0.459 e. The molecule has 5 nitrogen and oxygen atoms in total. The van der Waals surface area contributed by atoms with Gasteiger partial charge in [-0.3, -0.25) is 4.79 Å². The molecule has 0 saturated carbocycles. The van der Waals surface area contributed by atoms with E-state index in [2.05, 4.69) is 5.32 Å². The zero-order valence-electron chi connectivity index (χ0n) is 11.2. The molecule has 100 valence electrons. The molecule has 2 heterocycles. The van der Waals surface area contributed by atoms with Crippen molar-refractivity contribution in [3.63, 3.8) is 0 Å². The molecule has 2 rings (SSSR count). The molecule has 5 heteroatoms. The predicted molar refractivity (Wildman–Crippen MR) is 66.4 cm³/mol. The highest BCUT2D eigenvalue weighted by Crippen LogP contribution is 2.39. The third-order valence-electron chi connectivity index (χ3n) is 3.73. The first-order valence-corrected chi connectivity index (χ1v) is 6.09. The van der Waals surface area contributed by atoms with Crippen molar-refractivity contribution in [1.29, 1.82) is 0 Å². The Morgan fingerprint density at radius 3 is 2.61 bits per heavy atom. The van der Waals surface area contributed by atoms with Crippen molar-refractivity contribution >= 4 is 5.91 Å². The molecule has 0 spiro atoms. The summed E-state index contributed by atoms with van der Waals surface area (Å²) in [7, 11) is 0. The average Bonchev–Trinajstić information content (AvgIpc) is 2.83. The summed E-state index contributed by atoms with van der Waals surface area (Å²) in [6.07, 6.45) is 2.15. The van der Waals surface area contributed by atoms with E-state index in [9.17, 15) is 10.0 Å². The summed E-state index contributed by atoms with van der Waals surface area (Å²) in [6.45, 7) is 7.73. The molecule has 1 unspecified atom stereocenters. The van der Waals surface area contributed by atoms with Crippen molar-refractivity contribution in [2.24, 2.45) is 0 Å². The summed E-state index contributed by atoms with van der Waals surface area (Å²) >= 11 is 0. The van der Waals surface area contributed by atoms with Crippen LogP contribution in [-0.2, 0) is 0 Å². The number of hydroxylamine groups is 2. The number of carbonyl (C=O) groups is 1. The highest BCUT2D eigenvalue weighted by molar-refractivity contribution is 5.91. The molecule has 1 fully saturated rings. The van der Waals surface area contributed by atoms with Crippen molar-refractivity contribution in [2.45, 2.75) is 51.2 Å². The van der Waals surface area contributed by atoms with Gasteiger partial charge in [0, 0.05) is 5.54 Å². The highest BCUT2D eigenvalue weighted by Gasteiger charge is 2.51. The van der Waals surface area contributed by atoms with Gasteiger partial charge < -0.3 is 14.9 Å². The second kappa shape index (κ2) is 4.10. The van der Waals surface area contributed by atoms with Crippen LogP contribution in [0, 0.1) is 0 Å². The summed E-state index contributed by atoms with van der Waals surface area (Å²) in [5.74, 6) is 0.0455. The Bertz CT molecular complexity index is 437. The molecule has 1 aromatic heterocycles. The van der Waals surface area contributed by atoms with E-state index >= 15 is 0 Å². The van der Waals surface area contributed by atoms with E-state index in [4.69, 9.17) is 4.42 Å². The Labute approximate surface area is 107 Å². The third-order valence-corrected chi connectivity index (χ3v) is 3.73. The molecule has 1 amide bonds. The Balaban J connectivity index is 2.13. The van der Waals surface area contributed by atoms with Crippen molar-refractivity contribution in [3.05, 3.63) is 24.2 Å². The number of nitrogens with zero attached hydrogens (tertiary/aromatic N) is 1. The fraction of sp³-hybridized carbons (Fsp3) is 0.615. The molecule has 1 aromatic rings. The van der Waals surface area contributed by atoms with Crippen LogP contribution in [0.2, 0.25) is 0 Å². The first kappa shape index (κ1) is 13.1. The smallest absolute Gasteiger partial charge is 0.287 e. The average molecular weight is 252 g/mol. The number of furan rings is 1. The van der Waals surface area contributed by atoms with E-state index in [1.54, 1.807) is 12.1 Å². The lowest BCUT2D eigenvalue weighted by Crippen LogP contribution is -2.53. The summed E-state index contributed by atoms with van der Waals surface area (Å²) in [4.78, 5) is 12.0. The van der Waals surface area contributed by atoms with E-state index < -0.39 is 5.54 Å². The van der Waals surface area contributed by atoms with Gasteiger partial charge in [-0.2, -0.15) is 5.06 Å². The van der Waals surface area contributed by atoms with E-state index in [1.165, 1.54) is 11.3 Å². The fourth-order valence-electron chi connectivity index (χ4n) is 2.63. The Kier molecular flexibility index (Phi) is 2.99. The summed E-state index contributed by atoms with van der Waals surface area (Å²) in [5.41, 5.74) is -0.865. The SMILES string of the molecule is CC1(C)CC(NC(=O)c2ccco2)C(C)(C)N1O. The molecule has 0 aromatic carbocycles. The first-order valence-electron chi connectivity index (χ1n) is 6.09. The molecule has 2 N–H and O–H groups in total. The van der Waals surface area contributed by atoms with Gasteiger partial charge in [-0.1, -0.05) is 0 Å². The number of nitrogens with one attached hydrogen (secondary N) is 1. The van der Waals surface area contributed by atoms with Crippen molar-refractivity contribution in [3.8, 4) is 0 Å². The fourth-order valence-corrected chi connectivity index (χ4v) is 2.63.